The Bertz CT molecular complexity index is 885. The summed E-state index contributed by atoms with van der Waals surface area (Å²) in [6.45, 7) is 4.19. The van der Waals surface area contributed by atoms with E-state index in [1.165, 1.54) is 205 Å². The first-order valence-corrected chi connectivity index (χ1v) is 25.3. The van der Waals surface area contributed by atoms with Crippen LogP contribution in [0.15, 0.2) is 36.5 Å². The molecule has 0 rings (SSSR count). The molecule has 5 nitrogen and oxygen atoms in total. The second-order valence-electron chi connectivity index (χ2n) is 17.4. The topological polar surface area (TPSA) is 89.8 Å². The van der Waals surface area contributed by atoms with Crippen LogP contribution in [0.25, 0.3) is 0 Å². The van der Waals surface area contributed by atoms with Gasteiger partial charge in [0.15, 0.2) is 0 Å². The summed E-state index contributed by atoms with van der Waals surface area (Å²) in [7, 11) is 0. The predicted octanol–water partition coefficient (Wildman–Crippen LogP) is 15.1. The minimum absolute atomic E-state index is 0.377. The lowest BCUT2D eigenvalue weighted by Gasteiger charge is -2.21. The lowest BCUT2D eigenvalue weighted by atomic mass is 10.0. The molecule has 0 aromatic rings. The van der Waals surface area contributed by atoms with E-state index in [0.717, 1.165) is 38.5 Å². The van der Waals surface area contributed by atoms with E-state index in [-0.39, 0.29) is 6.61 Å². The van der Waals surface area contributed by atoms with Crippen LogP contribution in [0, 0.1) is 0 Å². The number of nitrogens with one attached hydrogen (secondary N) is 1. The van der Waals surface area contributed by atoms with Crippen LogP contribution in [0.5, 0.6) is 0 Å². The molecule has 0 saturated carbocycles. The van der Waals surface area contributed by atoms with Gasteiger partial charge in [-0.2, -0.15) is 0 Å². The van der Waals surface area contributed by atoms with Gasteiger partial charge in [0.05, 0.1) is 18.8 Å². The Balaban J connectivity index is 3.66. The maximum Gasteiger partial charge on any atom is 0.249 e. The zero-order valence-electron chi connectivity index (χ0n) is 38.2. The van der Waals surface area contributed by atoms with E-state index in [1.807, 2.05) is 6.08 Å². The highest BCUT2D eigenvalue weighted by atomic mass is 16.3. The summed E-state index contributed by atoms with van der Waals surface area (Å²) in [6.07, 6.45) is 60.6. The molecule has 0 aliphatic rings. The summed E-state index contributed by atoms with van der Waals surface area (Å²) >= 11 is 0. The summed E-state index contributed by atoms with van der Waals surface area (Å²) in [5, 5.41) is 33.2. The number of unbranched alkanes of at least 4 members (excludes halogenated alkanes) is 34. The Hall–Kier alpha value is -1.43. The zero-order chi connectivity index (χ0) is 41.5. The minimum atomic E-state index is -1.11. The van der Waals surface area contributed by atoms with Crippen molar-refractivity contribution in [3.63, 3.8) is 0 Å². The van der Waals surface area contributed by atoms with Gasteiger partial charge in [-0.3, -0.25) is 4.79 Å². The van der Waals surface area contributed by atoms with Crippen LogP contribution in [0.3, 0.4) is 0 Å². The molecule has 0 fully saturated rings. The standard InChI is InChI=1S/C52H99NO4/c1-3-5-7-9-11-13-15-17-19-21-23-25-27-29-31-33-35-37-39-41-43-45-47-51(56)52(57)53-49(48-54)50(55)46-44-42-40-38-36-34-32-30-28-26-24-22-20-18-16-14-12-10-8-6-4-2/h29,31,36,38,44,46,49-51,54-56H,3-28,30,32-35,37,39-43,45,47-48H2,1-2H3,(H,53,57)/b31-29-,38-36+,46-44+. The molecular weight excluding hydrogens is 703 g/mol. The van der Waals surface area contributed by atoms with Crippen molar-refractivity contribution in [3.8, 4) is 0 Å². The maximum absolute atomic E-state index is 12.5. The number of aliphatic hydroxyl groups excluding tert-OH is 3. The molecule has 0 aliphatic heterocycles. The highest BCUT2D eigenvalue weighted by Crippen LogP contribution is 2.16. The Morgan fingerprint density at radius 1 is 0.421 bits per heavy atom. The summed E-state index contributed by atoms with van der Waals surface area (Å²) in [4.78, 5) is 12.5. The zero-order valence-corrected chi connectivity index (χ0v) is 38.2. The molecule has 4 N–H and O–H groups in total. The van der Waals surface area contributed by atoms with Gasteiger partial charge in [0, 0.05) is 0 Å². The fourth-order valence-corrected chi connectivity index (χ4v) is 7.73. The van der Waals surface area contributed by atoms with Gasteiger partial charge in [0.25, 0.3) is 0 Å². The lowest BCUT2D eigenvalue weighted by molar-refractivity contribution is -0.131. The van der Waals surface area contributed by atoms with E-state index in [1.54, 1.807) is 6.08 Å². The second kappa shape index (κ2) is 47.3. The van der Waals surface area contributed by atoms with E-state index in [9.17, 15) is 20.1 Å². The normalized spacial score (nSPS) is 13.7. The summed E-state index contributed by atoms with van der Waals surface area (Å²) < 4.78 is 0. The fourth-order valence-electron chi connectivity index (χ4n) is 7.73. The van der Waals surface area contributed by atoms with E-state index in [0.29, 0.717) is 6.42 Å². The van der Waals surface area contributed by atoms with Gasteiger partial charge in [0.2, 0.25) is 5.91 Å². The molecule has 336 valence electrons. The summed E-state index contributed by atoms with van der Waals surface area (Å²) in [6, 6.07) is -0.817. The van der Waals surface area contributed by atoms with Crippen molar-refractivity contribution >= 4 is 5.91 Å². The summed E-state index contributed by atoms with van der Waals surface area (Å²) in [5.74, 6) is -0.515. The Morgan fingerprint density at radius 2 is 0.719 bits per heavy atom. The fraction of sp³-hybridized carbons (Fsp3) is 0.865. The van der Waals surface area contributed by atoms with Crippen molar-refractivity contribution in [2.45, 2.75) is 283 Å². The number of aliphatic hydroxyl groups is 3. The first kappa shape index (κ1) is 55.6. The van der Waals surface area contributed by atoms with Crippen molar-refractivity contribution in [2.75, 3.05) is 6.61 Å². The molecule has 3 atom stereocenters. The third-order valence-corrected chi connectivity index (χ3v) is 11.7. The molecule has 0 spiro atoms. The van der Waals surface area contributed by atoms with Crippen LogP contribution in [0.4, 0.5) is 0 Å². The van der Waals surface area contributed by atoms with Crippen LogP contribution in [-0.4, -0.2) is 46.1 Å². The molecule has 5 heteroatoms. The van der Waals surface area contributed by atoms with Gasteiger partial charge < -0.3 is 20.6 Å². The van der Waals surface area contributed by atoms with Crippen LogP contribution in [-0.2, 0) is 4.79 Å². The van der Waals surface area contributed by atoms with Crippen LogP contribution in [0.2, 0.25) is 0 Å². The Labute approximate surface area is 355 Å². The molecule has 3 unspecified atom stereocenters. The first-order valence-electron chi connectivity index (χ1n) is 25.3. The van der Waals surface area contributed by atoms with Crippen LogP contribution < -0.4 is 5.32 Å². The third-order valence-electron chi connectivity index (χ3n) is 11.7. The monoisotopic (exact) mass is 802 g/mol. The van der Waals surface area contributed by atoms with E-state index in [2.05, 4.69) is 43.5 Å². The van der Waals surface area contributed by atoms with Crippen molar-refractivity contribution in [1.82, 2.24) is 5.32 Å². The number of rotatable bonds is 46. The molecule has 0 saturated heterocycles. The van der Waals surface area contributed by atoms with E-state index < -0.39 is 24.2 Å². The van der Waals surface area contributed by atoms with E-state index >= 15 is 0 Å². The van der Waals surface area contributed by atoms with Crippen molar-refractivity contribution < 1.29 is 20.1 Å². The average Bonchev–Trinajstić information content (AvgIpc) is 3.22. The van der Waals surface area contributed by atoms with Gasteiger partial charge in [-0.15, -0.1) is 0 Å². The minimum Gasteiger partial charge on any atom is -0.394 e. The lowest BCUT2D eigenvalue weighted by Crippen LogP contribution is -2.48. The maximum atomic E-state index is 12.5. The van der Waals surface area contributed by atoms with E-state index in [4.69, 9.17) is 0 Å². The highest BCUT2D eigenvalue weighted by Gasteiger charge is 2.22. The van der Waals surface area contributed by atoms with Gasteiger partial charge in [-0.25, -0.2) is 0 Å². The third kappa shape index (κ3) is 42.5. The van der Waals surface area contributed by atoms with Gasteiger partial charge >= 0.3 is 0 Å². The quantitative estimate of drug-likeness (QED) is 0.0365. The summed E-state index contributed by atoms with van der Waals surface area (Å²) in [5.41, 5.74) is 0. The van der Waals surface area contributed by atoms with Crippen molar-refractivity contribution in [2.24, 2.45) is 0 Å². The largest absolute Gasteiger partial charge is 0.394 e. The van der Waals surface area contributed by atoms with Gasteiger partial charge in [-0.05, 0) is 57.8 Å². The molecule has 0 aromatic heterocycles. The molecule has 1 amide bonds. The second-order valence-corrected chi connectivity index (χ2v) is 17.4. The average molecular weight is 802 g/mol. The SMILES string of the molecule is CCCCCCCCCCCCCC/C=C\CCCCCCCCC(O)C(=O)NC(CO)C(O)/C=C/CC/C=C/CCCCCCCCCCCCCCCCC. The van der Waals surface area contributed by atoms with Crippen molar-refractivity contribution in [3.05, 3.63) is 36.5 Å². The molecule has 57 heavy (non-hydrogen) atoms. The van der Waals surface area contributed by atoms with Gasteiger partial charge in [0.1, 0.15) is 6.10 Å². The van der Waals surface area contributed by atoms with Gasteiger partial charge in [-0.1, -0.05) is 243 Å². The smallest absolute Gasteiger partial charge is 0.249 e. The molecule has 0 aliphatic carbocycles. The van der Waals surface area contributed by atoms with Crippen molar-refractivity contribution in [1.29, 1.82) is 0 Å². The first-order chi connectivity index (χ1) is 28.1. The predicted molar refractivity (Wildman–Crippen MR) is 250 cm³/mol. The number of carbonyl (C=O) groups excluding carboxylic acids is 1. The van der Waals surface area contributed by atoms with Crippen LogP contribution in [0.1, 0.15) is 264 Å². The number of hydrogen-bond donors (Lipinski definition) is 4. The number of carbonyl (C=O) groups is 1. The van der Waals surface area contributed by atoms with Crippen LogP contribution >= 0.6 is 0 Å². The molecule has 0 aromatic carbocycles. The molecule has 0 bridgehead atoms. The number of allylic oxidation sites excluding steroid dienone is 5. The Morgan fingerprint density at radius 3 is 1.07 bits per heavy atom. The Kier molecular flexibility index (Phi) is 46.1. The molecular formula is C52H99NO4. The molecule has 0 radical (unpaired) electrons. The molecule has 0 heterocycles. The highest BCUT2D eigenvalue weighted by molar-refractivity contribution is 5.80. The number of hydrogen-bond acceptors (Lipinski definition) is 4. The number of amides is 1.